The van der Waals surface area contributed by atoms with Gasteiger partial charge < -0.3 is 10.2 Å². The molecule has 1 aliphatic heterocycles. The van der Waals surface area contributed by atoms with E-state index in [1.807, 2.05) is 18.2 Å². The highest BCUT2D eigenvalue weighted by Crippen LogP contribution is 2.15. The van der Waals surface area contributed by atoms with Crippen LogP contribution in [-0.4, -0.2) is 46.6 Å². The Hall–Kier alpha value is -2.41. The molecule has 136 valence electrons. The summed E-state index contributed by atoms with van der Waals surface area (Å²) in [5.41, 5.74) is 0.985. The molecule has 1 aromatic heterocycles. The molecule has 1 saturated heterocycles. The molecular formula is C19H20FN3O2S. The normalized spacial score (nSPS) is 16.7. The van der Waals surface area contributed by atoms with E-state index >= 15 is 0 Å². The molecule has 26 heavy (non-hydrogen) atoms. The largest absolute Gasteiger partial charge is 0.350 e. The van der Waals surface area contributed by atoms with Gasteiger partial charge in [0, 0.05) is 25.7 Å². The number of pyridine rings is 1. The average molecular weight is 373 g/mol. The molecule has 0 radical (unpaired) electrons. The van der Waals surface area contributed by atoms with E-state index in [-0.39, 0.29) is 29.4 Å². The number of nitrogens with zero attached hydrogens (tertiary/aromatic N) is 2. The molecule has 7 heteroatoms. The monoisotopic (exact) mass is 373 g/mol. The van der Waals surface area contributed by atoms with Crippen LogP contribution in [-0.2, 0) is 16.0 Å². The number of hydrogen-bond acceptors (Lipinski definition) is 4. The fourth-order valence-corrected chi connectivity index (χ4v) is 3.51. The summed E-state index contributed by atoms with van der Waals surface area (Å²) in [5, 5.41) is 3.71. The Labute approximate surface area is 156 Å². The van der Waals surface area contributed by atoms with E-state index in [0.29, 0.717) is 25.9 Å². The molecule has 0 saturated carbocycles. The Morgan fingerprint density at radius 1 is 1.27 bits per heavy atom. The molecule has 2 aromatic rings. The van der Waals surface area contributed by atoms with Crippen molar-refractivity contribution >= 4 is 23.6 Å². The van der Waals surface area contributed by atoms with Gasteiger partial charge in [-0.3, -0.25) is 9.59 Å². The summed E-state index contributed by atoms with van der Waals surface area (Å²) in [6, 6.07) is 11.7. The Morgan fingerprint density at radius 2 is 2.08 bits per heavy atom. The lowest BCUT2D eigenvalue weighted by atomic mass is 10.1. The van der Waals surface area contributed by atoms with E-state index in [1.54, 1.807) is 23.2 Å². The van der Waals surface area contributed by atoms with E-state index in [4.69, 9.17) is 0 Å². The highest BCUT2D eigenvalue weighted by atomic mass is 32.2. The number of rotatable bonds is 7. The molecule has 5 nitrogen and oxygen atoms in total. The van der Waals surface area contributed by atoms with E-state index in [9.17, 15) is 14.0 Å². The number of thioether (sulfide) groups is 1. The van der Waals surface area contributed by atoms with Gasteiger partial charge in [-0.2, -0.15) is 0 Å². The number of carbonyl (C=O) groups is 2. The van der Waals surface area contributed by atoms with Crippen LogP contribution >= 0.6 is 11.8 Å². The summed E-state index contributed by atoms with van der Waals surface area (Å²) in [5.74, 6) is -0.0527. The van der Waals surface area contributed by atoms with Crippen LogP contribution in [0.25, 0.3) is 0 Å². The second kappa shape index (κ2) is 8.80. The lowest BCUT2D eigenvalue weighted by molar-refractivity contribution is -0.127. The first-order valence-corrected chi connectivity index (χ1v) is 9.44. The molecular weight excluding hydrogens is 353 g/mol. The number of benzene rings is 1. The molecule has 2 heterocycles. The van der Waals surface area contributed by atoms with Gasteiger partial charge in [0.25, 0.3) is 0 Å². The van der Waals surface area contributed by atoms with Gasteiger partial charge in [0.2, 0.25) is 11.8 Å². The first-order chi connectivity index (χ1) is 12.6. The van der Waals surface area contributed by atoms with E-state index in [0.717, 1.165) is 10.6 Å². The molecule has 1 unspecified atom stereocenters. The molecule has 3 rings (SSSR count). The Balaban J connectivity index is 1.42. The maximum atomic E-state index is 12.9. The van der Waals surface area contributed by atoms with Gasteiger partial charge in [0.1, 0.15) is 5.82 Å². The van der Waals surface area contributed by atoms with E-state index in [1.165, 1.54) is 23.9 Å². The minimum Gasteiger partial charge on any atom is -0.350 e. The topological polar surface area (TPSA) is 62.3 Å². The van der Waals surface area contributed by atoms with Crippen molar-refractivity contribution in [1.29, 1.82) is 0 Å². The number of carbonyl (C=O) groups excluding carboxylic acids is 2. The predicted molar refractivity (Wildman–Crippen MR) is 98.2 cm³/mol. The Morgan fingerprint density at radius 3 is 2.81 bits per heavy atom. The quantitative estimate of drug-likeness (QED) is 0.757. The van der Waals surface area contributed by atoms with Crippen molar-refractivity contribution in [3.05, 3.63) is 60.0 Å². The zero-order chi connectivity index (χ0) is 18.4. The lowest BCUT2D eigenvalue weighted by Gasteiger charge is -2.17. The third-order valence-electron chi connectivity index (χ3n) is 4.15. The zero-order valence-corrected chi connectivity index (χ0v) is 15.0. The standard InChI is InChI=1S/C19H20FN3O2S/c20-15-6-4-14(5-7-15)8-10-23-12-16(11-19(23)25)22-17(24)13-26-18-3-1-2-9-21-18/h1-7,9,16H,8,10-13H2,(H,22,24). The number of nitrogens with one attached hydrogen (secondary N) is 1. The highest BCUT2D eigenvalue weighted by molar-refractivity contribution is 7.99. The van der Waals surface area contributed by atoms with Crippen LogP contribution in [0.15, 0.2) is 53.7 Å². The molecule has 0 bridgehead atoms. The summed E-state index contributed by atoms with van der Waals surface area (Å²) in [6.45, 7) is 1.08. The van der Waals surface area contributed by atoms with Crippen molar-refractivity contribution in [3.8, 4) is 0 Å². The van der Waals surface area contributed by atoms with Gasteiger partial charge in [-0.05, 0) is 36.2 Å². The number of halogens is 1. The second-order valence-corrected chi connectivity index (χ2v) is 7.14. The molecule has 1 aliphatic rings. The van der Waals surface area contributed by atoms with E-state index < -0.39 is 0 Å². The smallest absolute Gasteiger partial charge is 0.230 e. The molecule has 1 atom stereocenters. The Kier molecular flexibility index (Phi) is 6.22. The molecule has 0 spiro atoms. The summed E-state index contributed by atoms with van der Waals surface area (Å²) in [4.78, 5) is 30.1. The van der Waals surface area contributed by atoms with Crippen LogP contribution < -0.4 is 5.32 Å². The van der Waals surface area contributed by atoms with Crippen molar-refractivity contribution in [1.82, 2.24) is 15.2 Å². The SMILES string of the molecule is O=C(CSc1ccccn1)NC1CC(=O)N(CCc2ccc(F)cc2)C1. The van der Waals surface area contributed by atoms with Crippen molar-refractivity contribution in [3.63, 3.8) is 0 Å². The molecule has 2 amide bonds. The summed E-state index contributed by atoms with van der Waals surface area (Å²) >= 11 is 1.37. The van der Waals surface area contributed by atoms with Crippen LogP contribution in [0.2, 0.25) is 0 Å². The summed E-state index contributed by atoms with van der Waals surface area (Å²) in [6.07, 6.45) is 2.68. The number of hydrogen-bond donors (Lipinski definition) is 1. The van der Waals surface area contributed by atoms with Gasteiger partial charge in [-0.15, -0.1) is 0 Å². The first-order valence-electron chi connectivity index (χ1n) is 8.45. The second-order valence-electron chi connectivity index (χ2n) is 6.14. The summed E-state index contributed by atoms with van der Waals surface area (Å²) in [7, 11) is 0. The third kappa shape index (κ3) is 5.29. The number of likely N-dealkylation sites (tertiary alicyclic amines) is 1. The summed E-state index contributed by atoms with van der Waals surface area (Å²) < 4.78 is 12.9. The third-order valence-corrected chi connectivity index (χ3v) is 5.10. The predicted octanol–water partition coefficient (Wildman–Crippen LogP) is 2.27. The van der Waals surface area contributed by atoms with Crippen LogP contribution in [0.5, 0.6) is 0 Å². The minimum atomic E-state index is -0.266. The molecule has 1 aromatic carbocycles. The maximum Gasteiger partial charge on any atom is 0.230 e. The number of aromatic nitrogens is 1. The van der Waals surface area contributed by atoms with Gasteiger partial charge in [-0.1, -0.05) is 30.0 Å². The Bertz CT molecular complexity index is 755. The van der Waals surface area contributed by atoms with Crippen LogP contribution in [0.4, 0.5) is 4.39 Å². The first kappa shape index (κ1) is 18.4. The minimum absolute atomic E-state index is 0.0368. The fraction of sp³-hybridized carbons (Fsp3) is 0.316. The van der Waals surface area contributed by atoms with Crippen molar-refractivity contribution in [2.24, 2.45) is 0 Å². The van der Waals surface area contributed by atoms with Gasteiger partial charge in [0.15, 0.2) is 0 Å². The van der Waals surface area contributed by atoms with Gasteiger partial charge in [0.05, 0.1) is 16.8 Å². The highest BCUT2D eigenvalue weighted by Gasteiger charge is 2.30. The van der Waals surface area contributed by atoms with Crippen LogP contribution in [0.3, 0.4) is 0 Å². The van der Waals surface area contributed by atoms with Crippen LogP contribution in [0.1, 0.15) is 12.0 Å². The van der Waals surface area contributed by atoms with Crippen molar-refractivity contribution in [2.75, 3.05) is 18.8 Å². The molecule has 1 N–H and O–H groups in total. The van der Waals surface area contributed by atoms with Crippen molar-refractivity contribution in [2.45, 2.75) is 23.9 Å². The van der Waals surface area contributed by atoms with E-state index in [2.05, 4.69) is 10.3 Å². The maximum absolute atomic E-state index is 12.9. The van der Waals surface area contributed by atoms with Gasteiger partial charge in [-0.25, -0.2) is 9.37 Å². The van der Waals surface area contributed by atoms with Gasteiger partial charge >= 0.3 is 0 Å². The zero-order valence-electron chi connectivity index (χ0n) is 14.2. The lowest BCUT2D eigenvalue weighted by Crippen LogP contribution is -2.38. The number of amides is 2. The molecule has 1 fully saturated rings. The van der Waals surface area contributed by atoms with Crippen molar-refractivity contribution < 1.29 is 14.0 Å². The van der Waals surface area contributed by atoms with Crippen LogP contribution in [0, 0.1) is 5.82 Å². The molecule has 0 aliphatic carbocycles. The fourth-order valence-electron chi connectivity index (χ4n) is 2.84. The average Bonchev–Trinajstić information content (AvgIpc) is 2.99.